The fourth-order valence-electron chi connectivity index (χ4n) is 1.89. The van der Waals surface area contributed by atoms with Gasteiger partial charge in [-0.15, -0.1) is 0 Å². The first-order valence-corrected chi connectivity index (χ1v) is 7.10. The third-order valence-electron chi connectivity index (χ3n) is 3.02. The molecule has 6 heteroatoms. The summed E-state index contributed by atoms with van der Waals surface area (Å²) in [6.07, 6.45) is 0. The number of benzene rings is 1. The number of aliphatic carboxylic acids is 1. The lowest BCUT2D eigenvalue weighted by atomic mass is 9.81. The van der Waals surface area contributed by atoms with Crippen LogP contribution in [-0.4, -0.2) is 19.5 Å². The van der Waals surface area contributed by atoms with Gasteiger partial charge in [0.15, 0.2) is 0 Å². The van der Waals surface area contributed by atoms with E-state index in [1.807, 2.05) is 0 Å². The average molecular weight is 287 g/mol. The van der Waals surface area contributed by atoms with Gasteiger partial charge >= 0.3 is 5.97 Å². The first-order valence-electron chi connectivity index (χ1n) is 5.17. The van der Waals surface area contributed by atoms with Gasteiger partial charge in [-0.25, -0.2) is 8.42 Å². The minimum Gasteiger partial charge on any atom is -0.481 e. The van der Waals surface area contributed by atoms with Crippen LogP contribution in [0.25, 0.3) is 5.57 Å². The van der Waals surface area contributed by atoms with Crippen LogP contribution in [0, 0.1) is 5.41 Å². The SMILES string of the molecule is CC(C)(C(=O)O)C1=CS(=O)(=O)c2c(Cl)cccc21. The van der Waals surface area contributed by atoms with E-state index in [1.165, 1.54) is 19.9 Å². The summed E-state index contributed by atoms with van der Waals surface area (Å²) in [5.74, 6) is -1.09. The van der Waals surface area contributed by atoms with E-state index in [-0.39, 0.29) is 15.5 Å². The van der Waals surface area contributed by atoms with Gasteiger partial charge in [-0.3, -0.25) is 4.79 Å². The van der Waals surface area contributed by atoms with Crippen molar-refractivity contribution in [3.05, 3.63) is 34.2 Å². The second-order valence-corrected chi connectivity index (χ2v) is 6.76. The zero-order valence-corrected chi connectivity index (χ0v) is 11.3. The second kappa shape index (κ2) is 3.83. The van der Waals surface area contributed by atoms with Crippen LogP contribution >= 0.6 is 11.6 Å². The molecule has 1 aliphatic rings. The molecule has 0 saturated carbocycles. The molecule has 1 aliphatic heterocycles. The summed E-state index contributed by atoms with van der Waals surface area (Å²) in [6.45, 7) is 2.93. The highest BCUT2D eigenvalue weighted by Gasteiger charge is 2.41. The molecule has 0 aromatic heterocycles. The summed E-state index contributed by atoms with van der Waals surface area (Å²) in [6, 6.07) is 4.65. The number of carbonyl (C=O) groups is 1. The van der Waals surface area contributed by atoms with E-state index < -0.39 is 21.2 Å². The minimum absolute atomic E-state index is 0.00371. The highest BCUT2D eigenvalue weighted by atomic mass is 35.5. The maximum Gasteiger partial charge on any atom is 0.313 e. The Labute approximate surface area is 110 Å². The highest BCUT2D eigenvalue weighted by Crippen LogP contribution is 2.46. The summed E-state index contributed by atoms with van der Waals surface area (Å²) in [5.41, 5.74) is -0.661. The van der Waals surface area contributed by atoms with Crippen molar-refractivity contribution in [3.8, 4) is 0 Å². The number of carboxylic acid groups (broad SMARTS) is 1. The molecule has 0 atom stereocenters. The molecule has 1 heterocycles. The zero-order chi connectivity index (χ0) is 13.7. The Kier molecular flexibility index (Phi) is 2.79. The molecule has 1 aromatic carbocycles. The van der Waals surface area contributed by atoms with Crippen LogP contribution in [0.5, 0.6) is 0 Å². The van der Waals surface area contributed by atoms with Crippen molar-refractivity contribution in [2.75, 3.05) is 0 Å². The molecule has 0 amide bonds. The lowest BCUT2D eigenvalue weighted by molar-refractivity contribution is -0.143. The Morgan fingerprint density at radius 2 is 1.94 bits per heavy atom. The number of hydrogen-bond acceptors (Lipinski definition) is 3. The standard InChI is InChI=1S/C12H11ClO4S/c1-12(2,11(14)15)8-6-18(16,17)10-7(8)4-3-5-9(10)13/h3-6H,1-2H3,(H,14,15). The Bertz CT molecular complexity index is 671. The summed E-state index contributed by atoms with van der Waals surface area (Å²) in [7, 11) is -3.66. The predicted molar refractivity (Wildman–Crippen MR) is 68.0 cm³/mol. The molecule has 0 unspecified atom stereocenters. The van der Waals surface area contributed by atoms with Crippen LogP contribution in [0.3, 0.4) is 0 Å². The van der Waals surface area contributed by atoms with Gasteiger partial charge in [0.2, 0.25) is 9.84 Å². The molecule has 0 bridgehead atoms. The molecule has 4 nitrogen and oxygen atoms in total. The van der Waals surface area contributed by atoms with Crippen molar-refractivity contribution >= 4 is 33.0 Å². The van der Waals surface area contributed by atoms with Gasteiger partial charge in [0, 0.05) is 5.41 Å². The maximum absolute atomic E-state index is 12.0. The van der Waals surface area contributed by atoms with E-state index in [2.05, 4.69) is 0 Å². The summed E-state index contributed by atoms with van der Waals surface area (Å²) >= 11 is 5.89. The van der Waals surface area contributed by atoms with Gasteiger partial charge in [0.25, 0.3) is 0 Å². The molecule has 1 aromatic rings. The highest BCUT2D eigenvalue weighted by molar-refractivity contribution is 7.95. The van der Waals surface area contributed by atoms with Gasteiger partial charge in [-0.2, -0.15) is 0 Å². The lowest BCUT2D eigenvalue weighted by Crippen LogP contribution is -2.24. The molecule has 0 radical (unpaired) electrons. The third-order valence-corrected chi connectivity index (χ3v) is 5.00. The summed E-state index contributed by atoms with van der Waals surface area (Å²) in [4.78, 5) is 11.2. The molecule has 1 N–H and O–H groups in total. The molecule has 0 spiro atoms. The van der Waals surface area contributed by atoms with Crippen molar-refractivity contribution < 1.29 is 18.3 Å². The first kappa shape index (κ1) is 13.1. The van der Waals surface area contributed by atoms with Crippen LogP contribution < -0.4 is 0 Å². The minimum atomic E-state index is -3.66. The molecular weight excluding hydrogens is 276 g/mol. The van der Waals surface area contributed by atoms with Crippen LogP contribution in [-0.2, 0) is 14.6 Å². The van der Waals surface area contributed by atoms with E-state index in [0.29, 0.717) is 5.56 Å². The lowest BCUT2D eigenvalue weighted by Gasteiger charge is -2.21. The van der Waals surface area contributed by atoms with E-state index in [4.69, 9.17) is 11.6 Å². The summed E-state index contributed by atoms with van der Waals surface area (Å²) in [5, 5.41) is 10.3. The van der Waals surface area contributed by atoms with Crippen LogP contribution in [0.2, 0.25) is 5.02 Å². The molecule has 0 aliphatic carbocycles. The average Bonchev–Trinajstić information content (AvgIpc) is 2.52. The van der Waals surface area contributed by atoms with Crippen LogP contribution in [0.4, 0.5) is 0 Å². The van der Waals surface area contributed by atoms with Crippen molar-refractivity contribution in [1.82, 2.24) is 0 Å². The van der Waals surface area contributed by atoms with Crippen molar-refractivity contribution in [3.63, 3.8) is 0 Å². The molecule has 18 heavy (non-hydrogen) atoms. The smallest absolute Gasteiger partial charge is 0.313 e. The topological polar surface area (TPSA) is 71.4 Å². The Morgan fingerprint density at radius 1 is 1.33 bits per heavy atom. The first-order chi connectivity index (χ1) is 8.18. The van der Waals surface area contributed by atoms with Gasteiger partial charge in [-0.1, -0.05) is 23.7 Å². The van der Waals surface area contributed by atoms with E-state index >= 15 is 0 Å². The van der Waals surface area contributed by atoms with Gasteiger partial charge in [0.05, 0.1) is 15.3 Å². The number of fused-ring (bicyclic) bond motifs is 1. The van der Waals surface area contributed by atoms with Crippen LogP contribution in [0.1, 0.15) is 19.4 Å². The second-order valence-electron chi connectivity index (χ2n) is 4.62. The van der Waals surface area contributed by atoms with Crippen LogP contribution in [0.15, 0.2) is 28.5 Å². The zero-order valence-electron chi connectivity index (χ0n) is 9.77. The molecule has 0 fully saturated rings. The Balaban J connectivity index is 2.78. The number of hydrogen-bond donors (Lipinski definition) is 1. The van der Waals surface area contributed by atoms with Gasteiger partial charge in [0.1, 0.15) is 0 Å². The fraction of sp³-hybridized carbons (Fsp3) is 0.250. The number of halogens is 1. The third kappa shape index (κ3) is 1.74. The van der Waals surface area contributed by atoms with Crippen molar-refractivity contribution in [1.29, 1.82) is 0 Å². The van der Waals surface area contributed by atoms with Gasteiger partial charge < -0.3 is 5.11 Å². The van der Waals surface area contributed by atoms with E-state index in [0.717, 1.165) is 5.41 Å². The normalized spacial score (nSPS) is 17.2. The van der Waals surface area contributed by atoms with E-state index in [9.17, 15) is 18.3 Å². The molecule has 96 valence electrons. The largest absolute Gasteiger partial charge is 0.481 e. The predicted octanol–water partition coefficient (Wildman–Crippen LogP) is 2.58. The fourth-order valence-corrected chi connectivity index (χ4v) is 4.06. The monoisotopic (exact) mass is 286 g/mol. The molecule has 2 rings (SSSR count). The van der Waals surface area contributed by atoms with Gasteiger partial charge in [-0.05, 0) is 31.1 Å². The number of carboxylic acids is 1. The quantitative estimate of drug-likeness (QED) is 0.907. The van der Waals surface area contributed by atoms with Crippen molar-refractivity contribution in [2.24, 2.45) is 5.41 Å². The van der Waals surface area contributed by atoms with E-state index in [1.54, 1.807) is 12.1 Å². The number of sulfone groups is 1. The Hall–Kier alpha value is -1.33. The number of rotatable bonds is 2. The summed E-state index contributed by atoms with van der Waals surface area (Å²) < 4.78 is 24.0. The molecule has 0 saturated heterocycles. The maximum atomic E-state index is 12.0. The molecular formula is C12H11ClO4S. The Morgan fingerprint density at radius 3 is 2.50 bits per heavy atom. The van der Waals surface area contributed by atoms with Crippen molar-refractivity contribution in [2.45, 2.75) is 18.7 Å².